The molecule has 6 rings (SSSR count). The van der Waals surface area contributed by atoms with Gasteiger partial charge in [0.05, 0.1) is 0 Å². The molecule has 0 aliphatic heterocycles. The first-order chi connectivity index (χ1) is 16.4. The van der Waals surface area contributed by atoms with Crippen molar-refractivity contribution in [1.29, 1.82) is 0 Å². The average molecular weight is 551 g/mol. The number of hydrogen-bond acceptors (Lipinski definition) is 1. The molecule has 6 aromatic rings. The largest absolute Gasteiger partial charge is 1.00 e. The molecule has 0 saturated heterocycles. The Morgan fingerprint density at radius 1 is 0.500 bits per heavy atom. The summed E-state index contributed by atoms with van der Waals surface area (Å²) in [4.78, 5) is 8.51. The fourth-order valence-corrected chi connectivity index (χ4v) is 4.31. The Bertz CT molecular complexity index is 1450. The van der Waals surface area contributed by atoms with Crippen LogP contribution in [0.4, 0.5) is 0 Å². The first-order valence-electron chi connectivity index (χ1n) is 11.1. The molecule has 3 nitrogen and oxygen atoms in total. The SMILES string of the molecule is [I-].c1ccc(-c2cc(-c3ccccc3)[n+](-c3nc4ccccc4[nH]3)c(-c3ccccc3)c2)cc1. The number of benzene rings is 4. The Morgan fingerprint density at radius 3 is 1.50 bits per heavy atom. The lowest BCUT2D eigenvalue weighted by Crippen LogP contribution is -3.00. The summed E-state index contributed by atoms with van der Waals surface area (Å²) in [6.45, 7) is 0. The van der Waals surface area contributed by atoms with Crippen molar-refractivity contribution in [2.45, 2.75) is 0 Å². The molecule has 0 unspecified atom stereocenters. The molecule has 0 fully saturated rings. The van der Waals surface area contributed by atoms with Crippen LogP contribution in [0.1, 0.15) is 0 Å². The number of nitrogens with one attached hydrogen (secondary N) is 1. The van der Waals surface area contributed by atoms with Crippen LogP contribution in [0.3, 0.4) is 0 Å². The van der Waals surface area contributed by atoms with E-state index in [4.69, 9.17) is 4.98 Å². The number of aromatic nitrogens is 3. The molecule has 164 valence electrons. The number of H-pyrrole nitrogens is 1. The van der Waals surface area contributed by atoms with Crippen molar-refractivity contribution in [3.05, 3.63) is 127 Å². The molecule has 2 aromatic heterocycles. The molecule has 1 N–H and O–H groups in total. The van der Waals surface area contributed by atoms with E-state index in [1.54, 1.807) is 0 Å². The van der Waals surface area contributed by atoms with Crippen LogP contribution in [0.2, 0.25) is 0 Å². The Balaban J connectivity index is 0.00000241. The molecule has 4 aromatic carbocycles. The number of nitrogens with zero attached hydrogens (tertiary/aromatic N) is 2. The van der Waals surface area contributed by atoms with Crippen LogP contribution in [0.5, 0.6) is 0 Å². The van der Waals surface area contributed by atoms with E-state index in [0.717, 1.165) is 39.5 Å². The van der Waals surface area contributed by atoms with Crippen molar-refractivity contribution in [3.63, 3.8) is 0 Å². The third kappa shape index (κ3) is 4.13. The first-order valence-corrected chi connectivity index (χ1v) is 11.1. The van der Waals surface area contributed by atoms with Crippen molar-refractivity contribution in [1.82, 2.24) is 9.97 Å². The van der Waals surface area contributed by atoms with Gasteiger partial charge in [0.15, 0.2) is 5.52 Å². The van der Waals surface area contributed by atoms with Gasteiger partial charge in [-0.05, 0) is 35.4 Å². The van der Waals surface area contributed by atoms with Gasteiger partial charge in [0.2, 0.25) is 0 Å². The van der Waals surface area contributed by atoms with Gasteiger partial charge in [-0.3, -0.25) is 0 Å². The van der Waals surface area contributed by atoms with Gasteiger partial charge in [-0.2, -0.15) is 4.57 Å². The maximum absolute atomic E-state index is 4.97. The van der Waals surface area contributed by atoms with Crippen molar-refractivity contribution in [2.24, 2.45) is 0 Å². The third-order valence-electron chi connectivity index (χ3n) is 5.90. The van der Waals surface area contributed by atoms with E-state index in [1.165, 1.54) is 11.1 Å². The minimum atomic E-state index is 0. The zero-order chi connectivity index (χ0) is 22.0. The summed E-state index contributed by atoms with van der Waals surface area (Å²) in [5.41, 5.74) is 8.74. The molecular formula is C30H22IN3. The summed E-state index contributed by atoms with van der Waals surface area (Å²) in [5.74, 6) is 0.800. The van der Waals surface area contributed by atoms with Crippen molar-refractivity contribution >= 4 is 11.0 Å². The second kappa shape index (κ2) is 9.61. The van der Waals surface area contributed by atoms with Crippen LogP contribution in [0.25, 0.3) is 50.6 Å². The number of hydrogen-bond donors (Lipinski definition) is 1. The van der Waals surface area contributed by atoms with Gasteiger partial charge in [-0.1, -0.05) is 108 Å². The number of aromatic amines is 1. The smallest absolute Gasteiger partial charge is 0.402 e. The van der Waals surface area contributed by atoms with Crippen LogP contribution in [0, 0.1) is 0 Å². The fourth-order valence-electron chi connectivity index (χ4n) is 4.31. The minimum absolute atomic E-state index is 0. The highest BCUT2D eigenvalue weighted by Crippen LogP contribution is 2.30. The van der Waals surface area contributed by atoms with Gasteiger partial charge >= 0.3 is 5.95 Å². The number of imidazole rings is 1. The Labute approximate surface area is 215 Å². The maximum Gasteiger partial charge on any atom is 0.402 e. The molecule has 0 atom stereocenters. The summed E-state index contributed by atoms with van der Waals surface area (Å²) < 4.78 is 2.23. The summed E-state index contributed by atoms with van der Waals surface area (Å²) in [7, 11) is 0. The number of para-hydroxylation sites is 2. The summed E-state index contributed by atoms with van der Waals surface area (Å²) in [6, 6.07) is 44.2. The Morgan fingerprint density at radius 2 is 0.971 bits per heavy atom. The second-order valence-corrected chi connectivity index (χ2v) is 8.03. The van der Waals surface area contributed by atoms with Crippen molar-refractivity contribution in [2.75, 3.05) is 0 Å². The molecule has 0 bridgehead atoms. The second-order valence-electron chi connectivity index (χ2n) is 8.03. The van der Waals surface area contributed by atoms with Crippen LogP contribution in [-0.2, 0) is 0 Å². The van der Waals surface area contributed by atoms with E-state index in [0.29, 0.717) is 0 Å². The molecule has 0 amide bonds. The highest BCUT2D eigenvalue weighted by Gasteiger charge is 2.24. The summed E-state index contributed by atoms with van der Waals surface area (Å²) in [6.07, 6.45) is 0. The zero-order valence-corrected chi connectivity index (χ0v) is 20.6. The molecule has 0 spiro atoms. The summed E-state index contributed by atoms with van der Waals surface area (Å²) >= 11 is 0. The lowest BCUT2D eigenvalue weighted by molar-refractivity contribution is -0.579. The standard InChI is InChI=1S/C30H22N3.HI/c1-4-12-22(13-5-1)25-20-28(23-14-6-2-7-15-23)33(29(21-25)24-16-8-3-9-17-24)30-31-26-18-10-11-19-27(26)32-30;/h1-21H,(H,31,32);1H/q+1;/p-1. The molecule has 34 heavy (non-hydrogen) atoms. The van der Waals surface area contributed by atoms with Gasteiger partial charge in [0.1, 0.15) is 16.9 Å². The fraction of sp³-hybridized carbons (Fsp3) is 0. The zero-order valence-electron chi connectivity index (χ0n) is 18.4. The van der Waals surface area contributed by atoms with Crippen molar-refractivity contribution < 1.29 is 28.5 Å². The van der Waals surface area contributed by atoms with Gasteiger partial charge in [-0.15, -0.1) is 0 Å². The molecule has 0 aliphatic carbocycles. The summed E-state index contributed by atoms with van der Waals surface area (Å²) in [5, 5.41) is 0. The molecular weight excluding hydrogens is 529 g/mol. The molecule has 0 radical (unpaired) electrons. The number of fused-ring (bicyclic) bond motifs is 1. The highest BCUT2D eigenvalue weighted by molar-refractivity contribution is 5.77. The van der Waals surface area contributed by atoms with Gasteiger partial charge in [0.25, 0.3) is 0 Å². The van der Waals surface area contributed by atoms with Crippen LogP contribution in [-0.4, -0.2) is 9.97 Å². The topological polar surface area (TPSA) is 32.6 Å². The average Bonchev–Trinajstić information content (AvgIpc) is 3.33. The van der Waals surface area contributed by atoms with E-state index in [2.05, 4.69) is 107 Å². The number of halogens is 1. The van der Waals surface area contributed by atoms with Crippen molar-refractivity contribution in [3.8, 4) is 39.6 Å². The monoisotopic (exact) mass is 551 g/mol. The predicted octanol–water partition coefficient (Wildman–Crippen LogP) is 3.84. The van der Waals surface area contributed by atoms with E-state index in [-0.39, 0.29) is 24.0 Å². The normalized spacial score (nSPS) is 10.7. The Kier molecular flexibility index (Phi) is 6.23. The van der Waals surface area contributed by atoms with Crippen LogP contribution < -0.4 is 28.5 Å². The van der Waals surface area contributed by atoms with Crippen LogP contribution in [0.15, 0.2) is 127 Å². The molecule has 4 heteroatoms. The highest BCUT2D eigenvalue weighted by atomic mass is 127. The molecule has 0 saturated carbocycles. The van der Waals surface area contributed by atoms with E-state index in [1.807, 2.05) is 30.3 Å². The first kappa shape index (κ1) is 22.0. The number of rotatable bonds is 4. The van der Waals surface area contributed by atoms with E-state index < -0.39 is 0 Å². The van der Waals surface area contributed by atoms with Crippen LogP contribution >= 0.6 is 0 Å². The maximum atomic E-state index is 4.97. The Hall–Kier alpha value is -3.77. The van der Waals surface area contributed by atoms with E-state index >= 15 is 0 Å². The molecule has 0 aliphatic rings. The van der Waals surface area contributed by atoms with Gasteiger partial charge < -0.3 is 24.0 Å². The number of pyridine rings is 1. The lowest BCUT2D eigenvalue weighted by atomic mass is 9.99. The predicted molar refractivity (Wildman–Crippen MR) is 134 cm³/mol. The third-order valence-corrected chi connectivity index (χ3v) is 5.90. The van der Waals surface area contributed by atoms with Gasteiger partial charge in [0, 0.05) is 11.1 Å². The quantitative estimate of drug-likeness (QED) is 0.262. The minimum Gasteiger partial charge on any atom is -1.00 e. The molecule has 2 heterocycles. The lowest BCUT2D eigenvalue weighted by Gasteiger charge is -2.15. The van der Waals surface area contributed by atoms with E-state index in [9.17, 15) is 0 Å². The van der Waals surface area contributed by atoms with Gasteiger partial charge in [-0.25, -0.2) is 4.98 Å².